The van der Waals surface area contributed by atoms with Crippen molar-refractivity contribution in [3.63, 3.8) is 0 Å². The summed E-state index contributed by atoms with van der Waals surface area (Å²) in [5.74, 6) is 3.09. The van der Waals surface area contributed by atoms with Crippen LogP contribution in [0, 0.1) is 23.2 Å². The highest BCUT2D eigenvalue weighted by molar-refractivity contribution is 7.67. The Balaban J connectivity index is 1.34. The molecule has 0 radical (unpaired) electrons. The Bertz CT molecular complexity index is 365. The fraction of sp³-hybridized carbons (Fsp3) is 1.00. The first-order chi connectivity index (χ1) is 9.65. The van der Waals surface area contributed by atoms with Crippen LogP contribution in [0.4, 0.5) is 0 Å². The van der Waals surface area contributed by atoms with E-state index in [0.717, 1.165) is 37.3 Å². The Morgan fingerprint density at radius 1 is 1.00 bits per heavy atom. The van der Waals surface area contributed by atoms with Gasteiger partial charge in [-0.3, -0.25) is 4.18 Å². The molecule has 0 unspecified atom stereocenters. The molecule has 4 aliphatic carbocycles. The molecule has 0 spiro atoms. The van der Waals surface area contributed by atoms with Crippen LogP contribution < -0.4 is 5.32 Å². The Hall–Kier alpha value is -0.130. The summed E-state index contributed by atoms with van der Waals surface area (Å²) in [4.78, 5) is 0. The van der Waals surface area contributed by atoms with Gasteiger partial charge in [-0.1, -0.05) is 0 Å². The summed E-state index contributed by atoms with van der Waals surface area (Å²) in [7, 11) is -2.67. The maximum Gasteiger partial charge on any atom is 0.257 e. The fourth-order valence-corrected chi connectivity index (χ4v) is 5.69. The van der Waals surface area contributed by atoms with E-state index < -0.39 is 11.0 Å². The number of nitrogens with one attached hydrogen (secondary N) is 1. The van der Waals surface area contributed by atoms with Gasteiger partial charge in [0.05, 0.1) is 6.61 Å². The minimum Gasteiger partial charge on any atom is -0.317 e. The van der Waals surface area contributed by atoms with Gasteiger partial charge in [-0.2, -0.15) is 0 Å². The normalized spacial score (nSPS) is 38.8. The van der Waals surface area contributed by atoms with Gasteiger partial charge in [0.1, 0.15) is 0 Å². The second kappa shape index (κ2) is 6.32. The molecule has 0 aliphatic heterocycles. The van der Waals surface area contributed by atoms with Gasteiger partial charge in [-0.25, -0.2) is 8.42 Å². The molecule has 4 nitrogen and oxygen atoms in total. The Morgan fingerprint density at radius 3 is 2.15 bits per heavy atom. The molecule has 0 saturated heterocycles. The van der Waals surface area contributed by atoms with Crippen LogP contribution in [0.2, 0.25) is 0 Å². The summed E-state index contributed by atoms with van der Waals surface area (Å²) >= 11 is 0. The number of hydrogen-bond acceptors (Lipinski definition) is 4. The summed E-state index contributed by atoms with van der Waals surface area (Å²) in [6, 6.07) is 0. The van der Waals surface area contributed by atoms with Gasteiger partial charge >= 0.3 is 0 Å². The summed E-state index contributed by atoms with van der Waals surface area (Å²) < 4.78 is 25.0. The molecule has 4 aliphatic rings. The van der Waals surface area contributed by atoms with E-state index in [9.17, 15) is 8.42 Å². The zero-order valence-electron chi connectivity index (χ0n) is 12.2. The molecule has 0 aromatic heterocycles. The average Bonchev–Trinajstić information content (AvgIpc) is 2.35. The van der Waals surface area contributed by atoms with Crippen LogP contribution in [0.15, 0.2) is 0 Å². The van der Waals surface area contributed by atoms with Crippen LogP contribution in [-0.4, -0.2) is 28.1 Å². The highest BCUT2D eigenvalue weighted by Crippen LogP contribution is 2.61. The summed E-state index contributed by atoms with van der Waals surface area (Å²) in [5.41, 5.74) is 0.649. The quantitative estimate of drug-likeness (QED) is 0.532. The third kappa shape index (κ3) is 3.55. The predicted molar refractivity (Wildman–Crippen MR) is 79.0 cm³/mol. The van der Waals surface area contributed by atoms with Crippen molar-refractivity contribution in [2.75, 3.05) is 19.7 Å². The van der Waals surface area contributed by atoms with Crippen molar-refractivity contribution in [1.29, 1.82) is 0 Å². The van der Waals surface area contributed by atoms with E-state index in [1.807, 2.05) is 0 Å². The van der Waals surface area contributed by atoms with Gasteiger partial charge in [0.15, 0.2) is 0 Å². The molecule has 116 valence electrons. The van der Waals surface area contributed by atoms with Crippen molar-refractivity contribution >= 4 is 11.0 Å². The van der Waals surface area contributed by atoms with Gasteiger partial charge in [0, 0.05) is 0 Å². The Kier molecular flexibility index (Phi) is 4.68. The zero-order valence-corrected chi connectivity index (χ0v) is 13.1. The minimum absolute atomic E-state index is 0.309. The van der Waals surface area contributed by atoms with Crippen LogP contribution in [0.25, 0.3) is 0 Å². The van der Waals surface area contributed by atoms with E-state index in [4.69, 9.17) is 0 Å². The SMILES string of the molecule is O=[SH](=O)OCCCNCCC12CC3CC(CC(C3)C1)C2. The molecule has 4 rings (SSSR count). The molecule has 0 amide bonds. The highest BCUT2D eigenvalue weighted by Gasteiger charge is 2.50. The monoisotopic (exact) mass is 301 g/mol. The molecule has 0 heterocycles. The van der Waals surface area contributed by atoms with Gasteiger partial charge in [-0.15, -0.1) is 0 Å². The van der Waals surface area contributed by atoms with Crippen molar-refractivity contribution in [2.24, 2.45) is 23.2 Å². The fourth-order valence-electron chi connectivity index (χ4n) is 5.41. The first-order valence-corrected chi connectivity index (χ1v) is 9.23. The Morgan fingerprint density at radius 2 is 1.60 bits per heavy atom. The lowest BCUT2D eigenvalue weighted by Gasteiger charge is -2.57. The molecule has 1 N–H and O–H groups in total. The maximum absolute atomic E-state index is 10.2. The molecule has 0 aromatic carbocycles. The molecule has 20 heavy (non-hydrogen) atoms. The molecule has 4 saturated carbocycles. The van der Waals surface area contributed by atoms with E-state index in [0.29, 0.717) is 12.0 Å². The van der Waals surface area contributed by atoms with Crippen molar-refractivity contribution in [3.05, 3.63) is 0 Å². The molecule has 5 heteroatoms. The number of rotatable bonds is 8. The Labute approximate surface area is 123 Å². The smallest absolute Gasteiger partial charge is 0.257 e. The molecular formula is C15H27NO3S. The third-order valence-corrected chi connectivity index (χ3v) is 6.09. The largest absolute Gasteiger partial charge is 0.317 e. The van der Waals surface area contributed by atoms with Crippen molar-refractivity contribution in [1.82, 2.24) is 5.32 Å². The van der Waals surface area contributed by atoms with Gasteiger partial charge < -0.3 is 5.32 Å². The highest BCUT2D eigenvalue weighted by atomic mass is 32.2. The van der Waals surface area contributed by atoms with Crippen LogP contribution in [0.3, 0.4) is 0 Å². The van der Waals surface area contributed by atoms with Crippen LogP contribution in [-0.2, 0) is 15.2 Å². The van der Waals surface area contributed by atoms with E-state index in [1.165, 1.54) is 44.9 Å². The molecule has 4 bridgehead atoms. The second-order valence-corrected chi connectivity index (χ2v) is 8.03. The first-order valence-electron chi connectivity index (χ1n) is 8.13. The van der Waals surface area contributed by atoms with Gasteiger partial charge in [0.25, 0.3) is 11.0 Å². The molecular weight excluding hydrogens is 274 g/mol. The lowest BCUT2D eigenvalue weighted by Crippen LogP contribution is -2.47. The molecule has 0 aromatic rings. The summed E-state index contributed by atoms with van der Waals surface area (Å²) in [6.45, 7) is 2.24. The predicted octanol–water partition coefficient (Wildman–Crippen LogP) is 2.12. The number of thiol groups is 1. The second-order valence-electron chi connectivity index (χ2n) is 7.33. The molecule has 4 fully saturated rings. The van der Waals surface area contributed by atoms with Crippen LogP contribution >= 0.6 is 0 Å². The average molecular weight is 301 g/mol. The number of hydrogen-bond donors (Lipinski definition) is 2. The van der Waals surface area contributed by atoms with E-state index in [1.54, 1.807) is 0 Å². The summed E-state index contributed by atoms with van der Waals surface area (Å²) in [6.07, 6.45) is 11.0. The van der Waals surface area contributed by atoms with E-state index in [-0.39, 0.29) is 0 Å². The summed E-state index contributed by atoms with van der Waals surface area (Å²) in [5, 5.41) is 3.46. The first kappa shape index (κ1) is 14.8. The van der Waals surface area contributed by atoms with E-state index >= 15 is 0 Å². The van der Waals surface area contributed by atoms with Crippen molar-refractivity contribution in [2.45, 2.75) is 51.4 Å². The lowest BCUT2D eigenvalue weighted by molar-refractivity contribution is -0.0567. The third-order valence-electron chi connectivity index (χ3n) is 5.69. The standard InChI is InChI=1S/C15H27NO3S/c17-20(18)19-5-1-3-16-4-2-15-9-12-6-13(10-15)8-14(7-12)11-15/h12-14,16,20H,1-11H2. The van der Waals surface area contributed by atoms with E-state index in [2.05, 4.69) is 9.50 Å². The topological polar surface area (TPSA) is 55.4 Å². The zero-order chi connectivity index (χ0) is 14.0. The molecule has 0 atom stereocenters. The minimum atomic E-state index is -2.67. The van der Waals surface area contributed by atoms with Crippen LogP contribution in [0.1, 0.15) is 51.4 Å². The van der Waals surface area contributed by atoms with Gasteiger partial charge in [0.2, 0.25) is 0 Å². The van der Waals surface area contributed by atoms with Gasteiger partial charge in [-0.05, 0) is 87.6 Å². The van der Waals surface area contributed by atoms with Crippen LogP contribution in [0.5, 0.6) is 0 Å². The van der Waals surface area contributed by atoms with Crippen molar-refractivity contribution in [3.8, 4) is 0 Å². The van der Waals surface area contributed by atoms with Crippen molar-refractivity contribution < 1.29 is 12.6 Å². The lowest BCUT2D eigenvalue weighted by atomic mass is 9.49. The maximum atomic E-state index is 10.2.